The first-order chi connectivity index (χ1) is 12.1. The quantitative estimate of drug-likeness (QED) is 0.535. The van der Waals surface area contributed by atoms with E-state index in [2.05, 4.69) is 15.3 Å². The van der Waals surface area contributed by atoms with Gasteiger partial charge in [0.1, 0.15) is 10.7 Å². The van der Waals surface area contributed by atoms with Gasteiger partial charge in [0.15, 0.2) is 5.82 Å². The minimum atomic E-state index is -4.49. The van der Waals surface area contributed by atoms with Crippen molar-refractivity contribution in [2.45, 2.75) is 11.2 Å². The first kappa shape index (κ1) is 19.6. The Hall–Kier alpha value is -2.69. The van der Waals surface area contributed by atoms with E-state index in [1.807, 2.05) is 0 Å². The first-order valence-electron chi connectivity index (χ1n) is 7.27. The van der Waals surface area contributed by atoms with E-state index in [0.29, 0.717) is 5.03 Å². The maximum absolute atomic E-state index is 12.7. The zero-order chi connectivity index (χ0) is 19.5. The van der Waals surface area contributed by atoms with Crippen molar-refractivity contribution in [3.05, 3.63) is 29.8 Å². The van der Waals surface area contributed by atoms with E-state index in [9.17, 15) is 18.0 Å². The van der Waals surface area contributed by atoms with Crippen molar-refractivity contribution < 1.29 is 18.0 Å². The third-order valence-electron chi connectivity index (χ3n) is 3.32. The monoisotopic (exact) mass is 386 g/mol. The summed E-state index contributed by atoms with van der Waals surface area (Å²) in [5.41, 5.74) is 11.0. The largest absolute Gasteiger partial charge is 0.416 e. The Labute approximate surface area is 152 Å². The van der Waals surface area contributed by atoms with Gasteiger partial charge in [0.2, 0.25) is 11.9 Å². The fourth-order valence-corrected chi connectivity index (χ4v) is 2.66. The molecule has 2 aromatic rings. The number of nitrogens with one attached hydrogen (secondary N) is 1. The Bertz CT molecular complexity index is 814. The number of carbonyl (C=O) groups is 1. The van der Waals surface area contributed by atoms with Crippen molar-refractivity contribution in [2.24, 2.45) is 0 Å². The Morgan fingerprint density at radius 3 is 2.62 bits per heavy atom. The molecule has 0 unspecified atom stereocenters. The van der Waals surface area contributed by atoms with Gasteiger partial charge in [-0.05, 0) is 24.5 Å². The van der Waals surface area contributed by atoms with E-state index in [1.165, 1.54) is 28.8 Å². The van der Waals surface area contributed by atoms with Gasteiger partial charge >= 0.3 is 6.18 Å². The van der Waals surface area contributed by atoms with Crippen LogP contribution < -0.4 is 21.7 Å². The molecule has 7 nitrogen and oxygen atoms in total. The van der Waals surface area contributed by atoms with Gasteiger partial charge < -0.3 is 21.7 Å². The van der Waals surface area contributed by atoms with Gasteiger partial charge in [0.05, 0.1) is 12.1 Å². The number of aromatic nitrogens is 2. The van der Waals surface area contributed by atoms with Gasteiger partial charge in [0, 0.05) is 12.7 Å². The van der Waals surface area contributed by atoms with E-state index in [4.69, 9.17) is 11.5 Å². The SMILES string of the molecule is CSc1nc(N)nc(N(C)CC(=O)Nc2cccc(C(F)(F)F)c2)c1N. The Morgan fingerprint density at radius 1 is 1.31 bits per heavy atom. The van der Waals surface area contributed by atoms with Gasteiger partial charge in [-0.1, -0.05) is 6.07 Å². The number of nitrogens with two attached hydrogens (primary N) is 2. The van der Waals surface area contributed by atoms with Gasteiger partial charge in [0.25, 0.3) is 0 Å². The summed E-state index contributed by atoms with van der Waals surface area (Å²) >= 11 is 1.28. The average Bonchev–Trinajstić information content (AvgIpc) is 2.55. The first-order valence-corrected chi connectivity index (χ1v) is 8.49. The molecule has 1 aromatic heterocycles. The van der Waals surface area contributed by atoms with Gasteiger partial charge in [-0.15, -0.1) is 11.8 Å². The third kappa shape index (κ3) is 4.69. The summed E-state index contributed by atoms with van der Waals surface area (Å²) in [6, 6.07) is 4.38. The van der Waals surface area contributed by atoms with Crippen LogP contribution in [0, 0.1) is 0 Å². The Balaban J connectivity index is 2.12. The molecule has 2 rings (SSSR count). The standard InChI is InChI=1S/C15H17F3N6OS/c1-24(12-11(19)13(26-2)23-14(20)22-12)7-10(25)21-9-5-3-4-8(6-9)15(16,17)18/h3-6H,7,19H2,1-2H3,(H,21,25)(H2,20,22,23). The molecule has 11 heteroatoms. The highest BCUT2D eigenvalue weighted by Gasteiger charge is 2.30. The second-order valence-electron chi connectivity index (χ2n) is 5.31. The highest BCUT2D eigenvalue weighted by atomic mass is 32.2. The van der Waals surface area contributed by atoms with Crippen molar-refractivity contribution >= 4 is 40.8 Å². The Morgan fingerprint density at radius 2 is 2.00 bits per heavy atom. The summed E-state index contributed by atoms with van der Waals surface area (Å²) in [4.78, 5) is 21.6. The third-order valence-corrected chi connectivity index (χ3v) is 4.02. The van der Waals surface area contributed by atoms with E-state index < -0.39 is 17.6 Å². The number of rotatable bonds is 5. The molecule has 0 atom stereocenters. The summed E-state index contributed by atoms with van der Waals surface area (Å²) in [5.74, 6) is -0.265. The van der Waals surface area contributed by atoms with Crippen molar-refractivity contribution in [2.75, 3.05) is 41.5 Å². The van der Waals surface area contributed by atoms with Crippen LogP contribution in [-0.2, 0) is 11.0 Å². The molecule has 1 heterocycles. The second-order valence-corrected chi connectivity index (χ2v) is 6.11. The molecule has 0 radical (unpaired) electrons. The molecule has 0 aliphatic carbocycles. The van der Waals surface area contributed by atoms with Crippen LogP contribution in [0.3, 0.4) is 0 Å². The topological polar surface area (TPSA) is 110 Å². The summed E-state index contributed by atoms with van der Waals surface area (Å²) in [6.45, 7) is -0.190. The van der Waals surface area contributed by atoms with Crippen molar-refractivity contribution in [1.82, 2.24) is 9.97 Å². The lowest BCUT2D eigenvalue weighted by atomic mass is 10.2. The van der Waals surface area contributed by atoms with Gasteiger partial charge in [-0.3, -0.25) is 4.79 Å². The number of nitrogens with zero attached hydrogens (tertiary/aromatic N) is 3. The lowest BCUT2D eigenvalue weighted by Crippen LogP contribution is -2.31. The number of hydrogen-bond donors (Lipinski definition) is 3. The van der Waals surface area contributed by atoms with E-state index in [-0.39, 0.29) is 29.7 Å². The number of halogens is 3. The zero-order valence-electron chi connectivity index (χ0n) is 14.0. The molecule has 140 valence electrons. The van der Waals surface area contributed by atoms with E-state index >= 15 is 0 Å². The molecule has 0 aliphatic heterocycles. The van der Waals surface area contributed by atoms with Crippen LogP contribution in [-0.4, -0.2) is 35.7 Å². The number of benzene rings is 1. The Kier molecular flexibility index (Phi) is 5.80. The van der Waals surface area contributed by atoms with Crippen LogP contribution in [0.2, 0.25) is 0 Å². The van der Waals surface area contributed by atoms with Crippen molar-refractivity contribution in [3.63, 3.8) is 0 Å². The second kappa shape index (κ2) is 7.68. The van der Waals surface area contributed by atoms with Gasteiger partial charge in [-0.2, -0.15) is 18.2 Å². The summed E-state index contributed by atoms with van der Waals surface area (Å²) in [6.07, 6.45) is -2.72. The summed E-state index contributed by atoms with van der Waals surface area (Å²) < 4.78 is 38.2. The highest BCUT2D eigenvalue weighted by molar-refractivity contribution is 7.98. The minimum absolute atomic E-state index is 0.00341. The van der Waals surface area contributed by atoms with Crippen molar-refractivity contribution in [1.29, 1.82) is 0 Å². The molecule has 0 spiro atoms. The number of carbonyl (C=O) groups excluding carboxylic acids is 1. The van der Waals surface area contributed by atoms with Crippen LogP contribution in [0.5, 0.6) is 0 Å². The molecular weight excluding hydrogens is 369 g/mol. The number of hydrogen-bond acceptors (Lipinski definition) is 7. The lowest BCUT2D eigenvalue weighted by molar-refractivity contribution is -0.137. The van der Waals surface area contributed by atoms with E-state index in [1.54, 1.807) is 13.3 Å². The van der Waals surface area contributed by atoms with Crippen molar-refractivity contribution in [3.8, 4) is 0 Å². The molecular formula is C15H17F3N6OS. The predicted molar refractivity (Wildman–Crippen MR) is 96.0 cm³/mol. The maximum Gasteiger partial charge on any atom is 0.416 e. The van der Waals surface area contributed by atoms with Crippen LogP contribution in [0.15, 0.2) is 29.3 Å². The zero-order valence-corrected chi connectivity index (χ0v) is 14.8. The van der Waals surface area contributed by atoms with Gasteiger partial charge in [-0.25, -0.2) is 4.98 Å². The number of alkyl halides is 3. The fraction of sp³-hybridized carbons (Fsp3) is 0.267. The molecule has 0 saturated heterocycles. The number of nitrogen functional groups attached to an aromatic ring is 2. The van der Waals surface area contributed by atoms with Crippen LogP contribution in [0.1, 0.15) is 5.56 Å². The molecule has 1 amide bonds. The molecule has 0 bridgehead atoms. The number of amides is 1. The normalized spacial score (nSPS) is 11.3. The molecule has 1 aromatic carbocycles. The summed E-state index contributed by atoms with van der Waals surface area (Å²) in [5, 5.41) is 2.89. The molecule has 0 aliphatic rings. The summed E-state index contributed by atoms with van der Waals surface area (Å²) in [7, 11) is 1.56. The highest BCUT2D eigenvalue weighted by Crippen LogP contribution is 2.31. The molecule has 0 fully saturated rings. The lowest BCUT2D eigenvalue weighted by Gasteiger charge is -2.20. The number of thioether (sulfide) groups is 1. The molecule has 5 N–H and O–H groups in total. The molecule has 26 heavy (non-hydrogen) atoms. The average molecular weight is 386 g/mol. The number of anilines is 4. The van der Waals surface area contributed by atoms with E-state index in [0.717, 1.165) is 12.1 Å². The van der Waals surface area contributed by atoms with Crippen LogP contribution in [0.25, 0.3) is 0 Å². The number of likely N-dealkylation sites (N-methyl/N-ethyl adjacent to an activating group) is 1. The smallest absolute Gasteiger partial charge is 0.394 e. The maximum atomic E-state index is 12.7. The molecule has 0 saturated carbocycles. The predicted octanol–water partition coefficient (Wildman–Crippen LogP) is 2.46. The van der Waals surface area contributed by atoms with Crippen LogP contribution in [0.4, 0.5) is 36.3 Å². The minimum Gasteiger partial charge on any atom is -0.394 e. The van der Waals surface area contributed by atoms with Crippen LogP contribution >= 0.6 is 11.8 Å². The fourth-order valence-electron chi connectivity index (χ4n) is 2.16.